The molecule has 2 fully saturated rings. The van der Waals surface area contributed by atoms with Crippen LogP contribution in [0.3, 0.4) is 0 Å². The molecule has 3 rings (SSSR count). The van der Waals surface area contributed by atoms with Gasteiger partial charge in [0.25, 0.3) is 0 Å². The smallest absolute Gasteiger partial charge is 0.0419 e. The number of thiophene rings is 1. The highest BCUT2D eigenvalue weighted by molar-refractivity contribution is 7.10. The first kappa shape index (κ1) is 12.6. The number of hydrogen-bond donors (Lipinski definition) is 1. The lowest BCUT2D eigenvalue weighted by Crippen LogP contribution is -2.40. The summed E-state index contributed by atoms with van der Waals surface area (Å²) in [6, 6.07) is 4.44. The van der Waals surface area contributed by atoms with Crippen molar-refractivity contribution in [1.82, 2.24) is 10.2 Å². The van der Waals surface area contributed by atoms with Crippen molar-refractivity contribution in [2.75, 3.05) is 13.1 Å². The maximum Gasteiger partial charge on any atom is 0.0419 e. The number of nitrogens with one attached hydrogen (secondary N) is 1. The zero-order valence-corrected chi connectivity index (χ0v) is 12.3. The van der Waals surface area contributed by atoms with Crippen LogP contribution in [-0.4, -0.2) is 30.1 Å². The van der Waals surface area contributed by atoms with Crippen molar-refractivity contribution in [2.45, 2.75) is 57.7 Å². The van der Waals surface area contributed by atoms with Gasteiger partial charge in [-0.15, -0.1) is 11.3 Å². The molecule has 0 spiro atoms. The van der Waals surface area contributed by atoms with Gasteiger partial charge in [0.1, 0.15) is 0 Å². The van der Waals surface area contributed by atoms with Gasteiger partial charge in [-0.2, -0.15) is 0 Å². The summed E-state index contributed by atoms with van der Waals surface area (Å²) in [5.74, 6) is 0. The van der Waals surface area contributed by atoms with Crippen molar-refractivity contribution < 1.29 is 0 Å². The number of nitrogens with zero attached hydrogens (tertiary/aromatic N) is 1. The van der Waals surface area contributed by atoms with Crippen molar-refractivity contribution in [1.29, 1.82) is 0 Å². The Bertz CT molecular complexity index is 391. The lowest BCUT2D eigenvalue weighted by Gasteiger charge is -2.31. The Balaban J connectivity index is 1.70. The second-order valence-electron chi connectivity index (χ2n) is 5.87. The van der Waals surface area contributed by atoms with Crippen LogP contribution in [0, 0.1) is 6.92 Å². The monoisotopic (exact) mass is 264 g/mol. The average Bonchev–Trinajstić information content (AvgIpc) is 2.89. The highest BCUT2D eigenvalue weighted by Crippen LogP contribution is 2.37. The molecule has 100 valence electrons. The van der Waals surface area contributed by atoms with Gasteiger partial charge in [-0.25, -0.2) is 0 Å². The van der Waals surface area contributed by atoms with Gasteiger partial charge in [0, 0.05) is 29.5 Å². The molecule has 1 aliphatic carbocycles. The molecule has 1 aromatic rings. The Kier molecular flexibility index (Phi) is 3.73. The molecular formula is C15H24N2S. The minimum Gasteiger partial charge on any atom is -0.313 e. The first-order valence-corrected chi connectivity index (χ1v) is 8.17. The summed E-state index contributed by atoms with van der Waals surface area (Å²) in [5, 5.41) is 5.88. The van der Waals surface area contributed by atoms with E-state index in [-0.39, 0.29) is 0 Å². The molecule has 0 amide bonds. The summed E-state index contributed by atoms with van der Waals surface area (Å²) >= 11 is 1.93. The lowest BCUT2D eigenvalue weighted by atomic mass is 10.1. The Morgan fingerprint density at radius 3 is 2.83 bits per heavy atom. The van der Waals surface area contributed by atoms with Gasteiger partial charge in [-0.1, -0.05) is 0 Å². The van der Waals surface area contributed by atoms with E-state index in [9.17, 15) is 0 Å². The van der Waals surface area contributed by atoms with Crippen molar-refractivity contribution in [2.24, 2.45) is 0 Å². The van der Waals surface area contributed by atoms with Crippen molar-refractivity contribution in [3.05, 3.63) is 21.9 Å². The van der Waals surface area contributed by atoms with E-state index in [0.29, 0.717) is 6.04 Å². The van der Waals surface area contributed by atoms with Crippen LogP contribution < -0.4 is 5.32 Å². The summed E-state index contributed by atoms with van der Waals surface area (Å²) in [5.41, 5.74) is 1.47. The van der Waals surface area contributed by atoms with Crippen LogP contribution >= 0.6 is 11.3 Å². The van der Waals surface area contributed by atoms with E-state index < -0.39 is 0 Å². The third-order valence-electron chi connectivity index (χ3n) is 4.39. The van der Waals surface area contributed by atoms with Gasteiger partial charge >= 0.3 is 0 Å². The lowest BCUT2D eigenvalue weighted by molar-refractivity contribution is 0.184. The van der Waals surface area contributed by atoms with E-state index in [0.717, 1.165) is 12.1 Å². The van der Waals surface area contributed by atoms with E-state index in [1.54, 1.807) is 4.88 Å². The maximum atomic E-state index is 3.65. The van der Waals surface area contributed by atoms with Gasteiger partial charge in [-0.3, -0.25) is 4.90 Å². The molecule has 0 radical (unpaired) electrons. The molecule has 2 aliphatic rings. The Morgan fingerprint density at radius 1 is 1.44 bits per heavy atom. The van der Waals surface area contributed by atoms with E-state index in [1.807, 2.05) is 11.3 Å². The van der Waals surface area contributed by atoms with E-state index >= 15 is 0 Å². The fourth-order valence-electron chi connectivity index (χ4n) is 3.16. The first-order chi connectivity index (χ1) is 8.75. The number of aryl methyl sites for hydroxylation is 1. The largest absolute Gasteiger partial charge is 0.313 e. The summed E-state index contributed by atoms with van der Waals surface area (Å²) < 4.78 is 0. The van der Waals surface area contributed by atoms with Gasteiger partial charge < -0.3 is 5.32 Å². The molecule has 1 N–H and O–H groups in total. The molecule has 18 heavy (non-hydrogen) atoms. The summed E-state index contributed by atoms with van der Waals surface area (Å²) in [6.45, 7) is 7.10. The zero-order valence-electron chi connectivity index (χ0n) is 11.5. The second-order valence-corrected chi connectivity index (χ2v) is 6.81. The first-order valence-electron chi connectivity index (χ1n) is 7.29. The van der Waals surface area contributed by atoms with Gasteiger partial charge in [-0.05, 0) is 63.1 Å². The molecule has 2 nitrogen and oxygen atoms in total. The highest BCUT2D eigenvalue weighted by atomic mass is 32.1. The molecule has 1 aliphatic heterocycles. The van der Waals surface area contributed by atoms with Crippen LogP contribution in [0.5, 0.6) is 0 Å². The van der Waals surface area contributed by atoms with Crippen molar-refractivity contribution in [3.63, 3.8) is 0 Å². The SMILES string of the molecule is Cc1ccsc1C(C)N(CC1CCCN1)C1CC1. The quantitative estimate of drug-likeness (QED) is 0.877. The summed E-state index contributed by atoms with van der Waals surface area (Å²) in [7, 11) is 0. The Morgan fingerprint density at radius 2 is 2.28 bits per heavy atom. The van der Waals surface area contributed by atoms with Crippen LogP contribution in [0.4, 0.5) is 0 Å². The normalized spacial score (nSPS) is 25.8. The molecule has 2 atom stereocenters. The zero-order chi connectivity index (χ0) is 12.5. The number of rotatable bonds is 5. The second kappa shape index (κ2) is 5.32. The summed E-state index contributed by atoms with van der Waals surface area (Å²) in [6.07, 6.45) is 5.53. The van der Waals surface area contributed by atoms with E-state index in [2.05, 4.69) is 35.5 Å². The van der Waals surface area contributed by atoms with Crippen LogP contribution in [0.2, 0.25) is 0 Å². The molecule has 2 unspecified atom stereocenters. The molecule has 1 saturated carbocycles. The van der Waals surface area contributed by atoms with Gasteiger partial charge in [0.2, 0.25) is 0 Å². The standard InChI is InChI=1S/C15H24N2S/c1-11-7-9-18-15(11)12(2)17(14-5-6-14)10-13-4-3-8-16-13/h7,9,12-14,16H,3-6,8,10H2,1-2H3. The molecular weight excluding hydrogens is 240 g/mol. The van der Waals surface area contributed by atoms with Crippen molar-refractivity contribution in [3.8, 4) is 0 Å². The van der Waals surface area contributed by atoms with Crippen molar-refractivity contribution >= 4 is 11.3 Å². The highest BCUT2D eigenvalue weighted by Gasteiger charge is 2.35. The third-order valence-corrected chi connectivity index (χ3v) is 5.58. The summed E-state index contributed by atoms with van der Waals surface area (Å²) in [4.78, 5) is 4.32. The predicted octanol–water partition coefficient (Wildman–Crippen LogP) is 3.33. The van der Waals surface area contributed by atoms with Crippen LogP contribution in [0.25, 0.3) is 0 Å². The predicted molar refractivity (Wildman–Crippen MR) is 78.2 cm³/mol. The minimum atomic E-state index is 0.597. The topological polar surface area (TPSA) is 15.3 Å². The average molecular weight is 264 g/mol. The molecule has 1 aromatic heterocycles. The molecule has 2 heterocycles. The fourth-order valence-corrected chi connectivity index (χ4v) is 4.16. The van der Waals surface area contributed by atoms with Gasteiger partial charge in [0.05, 0.1) is 0 Å². The fraction of sp³-hybridized carbons (Fsp3) is 0.733. The minimum absolute atomic E-state index is 0.597. The molecule has 0 aromatic carbocycles. The van der Waals surface area contributed by atoms with E-state index in [4.69, 9.17) is 0 Å². The Labute approximate surface area is 114 Å². The van der Waals surface area contributed by atoms with Crippen LogP contribution in [0.15, 0.2) is 11.4 Å². The Hall–Kier alpha value is -0.380. The van der Waals surface area contributed by atoms with Gasteiger partial charge in [0.15, 0.2) is 0 Å². The van der Waals surface area contributed by atoms with Crippen LogP contribution in [0.1, 0.15) is 49.1 Å². The third kappa shape index (κ3) is 2.63. The maximum absolute atomic E-state index is 3.65. The van der Waals surface area contributed by atoms with Crippen LogP contribution in [-0.2, 0) is 0 Å². The molecule has 3 heteroatoms. The molecule has 0 bridgehead atoms. The number of hydrogen-bond acceptors (Lipinski definition) is 3. The van der Waals surface area contributed by atoms with E-state index in [1.165, 1.54) is 44.3 Å². The molecule has 1 saturated heterocycles.